The Morgan fingerprint density at radius 1 is 1.19 bits per heavy atom. The van der Waals surface area contributed by atoms with E-state index in [0.717, 1.165) is 15.1 Å². The minimum absolute atomic E-state index is 0.110. The summed E-state index contributed by atoms with van der Waals surface area (Å²) >= 11 is 4.75. The second-order valence-corrected chi connectivity index (χ2v) is 8.65. The van der Waals surface area contributed by atoms with E-state index in [2.05, 4.69) is 31.7 Å². The Bertz CT molecular complexity index is 1100. The van der Waals surface area contributed by atoms with E-state index in [4.69, 9.17) is 0 Å². The van der Waals surface area contributed by atoms with E-state index in [1.165, 1.54) is 11.8 Å². The van der Waals surface area contributed by atoms with Crippen molar-refractivity contribution in [2.24, 2.45) is 0 Å². The number of thioether (sulfide) groups is 1. The quantitative estimate of drug-likeness (QED) is 0.405. The van der Waals surface area contributed by atoms with E-state index in [0.29, 0.717) is 5.69 Å². The summed E-state index contributed by atoms with van der Waals surface area (Å²) in [5, 5.41) is 9.91. The van der Waals surface area contributed by atoms with Gasteiger partial charge in [-0.15, -0.1) is 11.8 Å². The molecule has 5 nitrogen and oxygen atoms in total. The molecule has 0 aliphatic carbocycles. The summed E-state index contributed by atoms with van der Waals surface area (Å²) in [6.07, 6.45) is -2.88. The van der Waals surface area contributed by atoms with Gasteiger partial charge in [0.2, 0.25) is 0 Å². The Balaban J connectivity index is 1.71. The third-order valence-corrected chi connectivity index (χ3v) is 6.61. The van der Waals surface area contributed by atoms with Gasteiger partial charge in [-0.25, -0.2) is 4.68 Å². The van der Waals surface area contributed by atoms with Gasteiger partial charge >= 0.3 is 6.18 Å². The number of hydrogen-bond acceptors (Lipinski definition) is 4. The zero-order valence-corrected chi connectivity index (χ0v) is 18.7. The topological polar surface area (TPSA) is 59.0 Å². The SMILES string of the molecule is CSc1ccccc1NC(=O)c1nn2c(c1Br)N[C@@H](c1ccccc1)C[C@@H]2C(F)(F)F. The Morgan fingerprint density at radius 3 is 2.55 bits per heavy atom. The van der Waals surface area contributed by atoms with Crippen LogP contribution in [-0.2, 0) is 0 Å². The third-order valence-electron chi connectivity index (χ3n) is 5.07. The van der Waals surface area contributed by atoms with E-state index in [9.17, 15) is 18.0 Å². The van der Waals surface area contributed by atoms with Crippen molar-refractivity contribution in [1.82, 2.24) is 9.78 Å². The molecule has 0 spiro atoms. The van der Waals surface area contributed by atoms with Crippen molar-refractivity contribution >= 4 is 45.1 Å². The standard InChI is InChI=1S/C21H18BrF3N4OS/c1-31-15-10-6-5-9-13(15)27-20(30)18-17(22)19-26-14(12-7-3-2-4-8-12)11-16(21(23,24)25)29(19)28-18/h2-10,14,16,26H,11H2,1H3,(H,27,30)/t14-,16-/m1/s1. The van der Waals surface area contributed by atoms with Gasteiger partial charge in [-0.3, -0.25) is 4.79 Å². The van der Waals surface area contributed by atoms with Gasteiger partial charge in [-0.2, -0.15) is 18.3 Å². The molecule has 1 amide bonds. The summed E-state index contributed by atoms with van der Waals surface area (Å²) in [7, 11) is 0. The number of carbonyl (C=O) groups excluding carboxylic acids is 1. The normalized spacial score (nSPS) is 18.2. The maximum Gasteiger partial charge on any atom is 0.410 e. The number of nitrogens with one attached hydrogen (secondary N) is 2. The molecule has 0 fully saturated rings. The van der Waals surface area contributed by atoms with Crippen LogP contribution in [0.1, 0.15) is 34.6 Å². The maximum atomic E-state index is 13.9. The van der Waals surface area contributed by atoms with E-state index < -0.39 is 24.2 Å². The van der Waals surface area contributed by atoms with Crippen LogP contribution in [0.3, 0.4) is 0 Å². The van der Waals surface area contributed by atoms with Crippen molar-refractivity contribution in [3.8, 4) is 0 Å². The molecule has 10 heteroatoms. The van der Waals surface area contributed by atoms with Crippen LogP contribution < -0.4 is 10.6 Å². The summed E-state index contributed by atoms with van der Waals surface area (Å²) in [6.45, 7) is 0. The first kappa shape index (κ1) is 21.8. The molecule has 0 saturated carbocycles. The molecule has 0 saturated heterocycles. The van der Waals surface area contributed by atoms with Crippen LogP contribution in [0.25, 0.3) is 0 Å². The van der Waals surface area contributed by atoms with E-state index >= 15 is 0 Å². The summed E-state index contributed by atoms with van der Waals surface area (Å²) in [5.41, 5.74) is 1.19. The van der Waals surface area contributed by atoms with Crippen LogP contribution in [-0.4, -0.2) is 28.1 Å². The number of alkyl halides is 3. The number of carbonyl (C=O) groups is 1. The molecule has 2 aromatic carbocycles. The minimum atomic E-state index is -4.52. The molecule has 2 N–H and O–H groups in total. The number of aromatic nitrogens is 2. The zero-order chi connectivity index (χ0) is 22.2. The molecular weight excluding hydrogens is 493 g/mol. The number of rotatable bonds is 4. The monoisotopic (exact) mass is 510 g/mol. The first-order valence-corrected chi connectivity index (χ1v) is 11.4. The first-order valence-electron chi connectivity index (χ1n) is 9.40. The van der Waals surface area contributed by atoms with Crippen LogP contribution in [0, 0.1) is 0 Å². The lowest BCUT2D eigenvalue weighted by Gasteiger charge is -2.33. The number of nitrogens with zero attached hydrogens (tertiary/aromatic N) is 2. The second-order valence-electron chi connectivity index (χ2n) is 7.01. The molecule has 0 radical (unpaired) electrons. The highest BCUT2D eigenvalue weighted by Crippen LogP contribution is 2.46. The Morgan fingerprint density at radius 2 is 1.87 bits per heavy atom. The fraction of sp³-hybridized carbons (Fsp3) is 0.238. The average Bonchev–Trinajstić information content (AvgIpc) is 3.10. The van der Waals surface area contributed by atoms with E-state index in [1.807, 2.05) is 24.5 Å². The van der Waals surface area contributed by atoms with Crippen LogP contribution in [0.2, 0.25) is 0 Å². The molecule has 4 rings (SSSR count). The number of benzene rings is 2. The first-order chi connectivity index (χ1) is 14.8. The minimum Gasteiger partial charge on any atom is -0.362 e. The highest BCUT2D eigenvalue weighted by atomic mass is 79.9. The number of para-hydroxylation sites is 1. The number of hydrogen-bond donors (Lipinski definition) is 2. The van der Waals surface area contributed by atoms with Gasteiger partial charge < -0.3 is 10.6 Å². The van der Waals surface area contributed by atoms with Gasteiger partial charge in [0.1, 0.15) is 5.82 Å². The van der Waals surface area contributed by atoms with Crippen LogP contribution in [0.15, 0.2) is 64.0 Å². The van der Waals surface area contributed by atoms with Gasteiger partial charge in [-0.1, -0.05) is 42.5 Å². The predicted molar refractivity (Wildman–Crippen MR) is 119 cm³/mol. The zero-order valence-electron chi connectivity index (χ0n) is 16.3. The summed E-state index contributed by atoms with van der Waals surface area (Å²) in [4.78, 5) is 13.7. The summed E-state index contributed by atoms with van der Waals surface area (Å²) < 4.78 is 42.7. The van der Waals surface area contributed by atoms with E-state index in [-0.39, 0.29) is 22.4 Å². The molecular formula is C21H18BrF3N4OS. The van der Waals surface area contributed by atoms with Crippen LogP contribution >= 0.6 is 27.7 Å². The average molecular weight is 511 g/mol. The van der Waals surface area contributed by atoms with Crippen molar-refractivity contribution in [3.05, 3.63) is 70.3 Å². The number of halogens is 4. The molecule has 2 heterocycles. The molecule has 0 bridgehead atoms. The lowest BCUT2D eigenvalue weighted by molar-refractivity contribution is -0.173. The largest absolute Gasteiger partial charge is 0.410 e. The molecule has 1 aliphatic rings. The Labute approximate surface area is 189 Å². The van der Waals surface area contributed by atoms with E-state index in [1.54, 1.807) is 36.4 Å². The second kappa shape index (κ2) is 8.58. The molecule has 31 heavy (non-hydrogen) atoms. The molecule has 162 valence electrons. The van der Waals surface area contributed by atoms with Gasteiger partial charge in [0.15, 0.2) is 11.7 Å². The van der Waals surface area contributed by atoms with Crippen molar-refractivity contribution in [3.63, 3.8) is 0 Å². The van der Waals surface area contributed by atoms with Gasteiger partial charge in [0.25, 0.3) is 5.91 Å². The van der Waals surface area contributed by atoms with Gasteiger partial charge in [0, 0.05) is 11.3 Å². The number of anilines is 2. The van der Waals surface area contributed by atoms with Crippen LogP contribution in [0.5, 0.6) is 0 Å². The molecule has 3 aromatic rings. The Kier molecular flexibility index (Phi) is 6.02. The lowest BCUT2D eigenvalue weighted by atomic mass is 9.97. The number of amides is 1. The lowest BCUT2D eigenvalue weighted by Crippen LogP contribution is -2.35. The van der Waals surface area contributed by atoms with Crippen molar-refractivity contribution in [2.75, 3.05) is 16.9 Å². The molecule has 0 unspecified atom stereocenters. The van der Waals surface area contributed by atoms with Crippen molar-refractivity contribution in [2.45, 2.75) is 29.6 Å². The van der Waals surface area contributed by atoms with Crippen molar-refractivity contribution in [1.29, 1.82) is 0 Å². The fourth-order valence-electron chi connectivity index (χ4n) is 3.57. The van der Waals surface area contributed by atoms with Gasteiger partial charge in [0.05, 0.1) is 16.2 Å². The molecule has 1 aromatic heterocycles. The maximum absolute atomic E-state index is 13.9. The molecule has 1 aliphatic heterocycles. The number of fused-ring (bicyclic) bond motifs is 1. The predicted octanol–water partition coefficient (Wildman–Crippen LogP) is 6.28. The Hall–Kier alpha value is -2.46. The highest BCUT2D eigenvalue weighted by molar-refractivity contribution is 9.10. The summed E-state index contributed by atoms with van der Waals surface area (Å²) in [6, 6.07) is 13.7. The summed E-state index contributed by atoms with van der Waals surface area (Å²) in [5.74, 6) is -0.458. The van der Waals surface area contributed by atoms with Crippen molar-refractivity contribution < 1.29 is 18.0 Å². The third kappa shape index (κ3) is 4.31. The molecule has 2 atom stereocenters. The smallest absolute Gasteiger partial charge is 0.362 e. The van der Waals surface area contributed by atoms with Gasteiger partial charge in [-0.05, 0) is 39.9 Å². The fourth-order valence-corrected chi connectivity index (χ4v) is 4.68. The highest BCUT2D eigenvalue weighted by Gasteiger charge is 2.47. The van der Waals surface area contributed by atoms with Crippen LogP contribution in [0.4, 0.5) is 24.7 Å².